The lowest BCUT2D eigenvalue weighted by Crippen LogP contribution is -2.24. The van der Waals surface area contributed by atoms with Crippen molar-refractivity contribution in [2.24, 2.45) is 5.14 Å². The van der Waals surface area contributed by atoms with Crippen LogP contribution in [-0.2, 0) is 21.2 Å². The van der Waals surface area contributed by atoms with Gasteiger partial charge >= 0.3 is 0 Å². The van der Waals surface area contributed by atoms with Gasteiger partial charge in [0, 0.05) is 22.1 Å². The summed E-state index contributed by atoms with van der Waals surface area (Å²) in [6.45, 7) is 1.61. The summed E-state index contributed by atoms with van der Waals surface area (Å²) in [6, 6.07) is 10.7. The van der Waals surface area contributed by atoms with Crippen molar-refractivity contribution in [3.8, 4) is 5.75 Å². The number of aryl methyl sites for hydroxylation is 1. The van der Waals surface area contributed by atoms with Gasteiger partial charge in [0.25, 0.3) is 11.5 Å². The van der Waals surface area contributed by atoms with E-state index in [1.54, 1.807) is 24.3 Å². The third-order valence-electron chi connectivity index (χ3n) is 4.63. The number of hydrogen-bond donors (Lipinski definition) is 2. The van der Waals surface area contributed by atoms with Crippen molar-refractivity contribution in [2.45, 2.75) is 18.2 Å². The number of rotatable bonds is 7. The van der Waals surface area contributed by atoms with Crippen molar-refractivity contribution in [1.82, 2.24) is 14.6 Å². The summed E-state index contributed by atoms with van der Waals surface area (Å²) >= 11 is 4.62. The largest absolute Gasteiger partial charge is 0.483 e. The lowest BCUT2D eigenvalue weighted by molar-refractivity contribution is -0.118. The minimum atomic E-state index is -3.82. The maximum Gasteiger partial charge on any atom is 0.291 e. The molecule has 0 radical (unpaired) electrons. The maximum atomic E-state index is 12.7. The maximum absolute atomic E-state index is 12.7. The van der Waals surface area contributed by atoms with E-state index in [1.807, 2.05) is 6.92 Å². The number of anilines is 1. The second kappa shape index (κ2) is 9.62. The van der Waals surface area contributed by atoms with E-state index in [4.69, 9.17) is 9.88 Å². The molecule has 1 amide bonds. The summed E-state index contributed by atoms with van der Waals surface area (Å²) in [5, 5.41) is 11.9. The van der Waals surface area contributed by atoms with E-state index in [-0.39, 0.29) is 17.1 Å². The van der Waals surface area contributed by atoms with Crippen molar-refractivity contribution in [3.63, 3.8) is 0 Å². The van der Waals surface area contributed by atoms with Gasteiger partial charge in [-0.2, -0.15) is 4.52 Å². The minimum Gasteiger partial charge on any atom is -0.483 e. The molecular formula is C21H18BrN5O5S2. The van der Waals surface area contributed by atoms with Crippen LogP contribution in [0.25, 0.3) is 11.0 Å². The van der Waals surface area contributed by atoms with Crippen LogP contribution in [0.4, 0.5) is 5.69 Å². The zero-order valence-electron chi connectivity index (χ0n) is 17.7. The first-order valence-corrected chi connectivity index (χ1v) is 13.0. The summed E-state index contributed by atoms with van der Waals surface area (Å²) in [5.41, 5.74) is 0.705. The molecule has 0 aliphatic carbocycles. The fraction of sp³-hybridized carbons (Fsp3) is 0.143. The normalized spacial score (nSPS) is 12.3. The molecule has 34 heavy (non-hydrogen) atoms. The number of nitrogens with one attached hydrogen (secondary N) is 1. The molecule has 0 spiro atoms. The summed E-state index contributed by atoms with van der Waals surface area (Å²) in [6.07, 6.45) is 2.30. The summed E-state index contributed by atoms with van der Waals surface area (Å²) in [5.74, 6) is 0.551. The number of nitrogens with two attached hydrogens (primary N) is 1. The first-order chi connectivity index (χ1) is 16.1. The molecule has 0 atom stereocenters. The number of amides is 1. The van der Waals surface area contributed by atoms with Crippen molar-refractivity contribution < 1.29 is 17.9 Å². The molecule has 4 aromatic rings. The number of hydrogen-bond acceptors (Lipinski definition) is 8. The number of ether oxygens (including phenoxy) is 1. The lowest BCUT2D eigenvalue weighted by atomic mass is 10.2. The molecule has 176 valence electrons. The van der Waals surface area contributed by atoms with Crippen LogP contribution in [0, 0.1) is 0 Å². The molecule has 0 aliphatic heterocycles. The number of primary sulfonamides is 1. The zero-order valence-corrected chi connectivity index (χ0v) is 20.9. The molecule has 3 N–H and O–H groups in total. The van der Waals surface area contributed by atoms with Crippen LogP contribution in [-0.4, -0.2) is 35.5 Å². The third kappa shape index (κ3) is 5.33. The monoisotopic (exact) mass is 563 g/mol. The van der Waals surface area contributed by atoms with Gasteiger partial charge in [0.15, 0.2) is 12.4 Å². The Morgan fingerprint density at radius 2 is 2.00 bits per heavy atom. The smallest absolute Gasteiger partial charge is 0.291 e. The fourth-order valence-corrected chi connectivity index (χ4v) is 4.81. The minimum absolute atomic E-state index is 0.0586. The summed E-state index contributed by atoms with van der Waals surface area (Å²) in [7, 11) is -3.82. The molecule has 0 fully saturated rings. The Bertz CT molecular complexity index is 1600. The second-order valence-electron chi connectivity index (χ2n) is 7.08. The Hall–Kier alpha value is -3.13. The van der Waals surface area contributed by atoms with E-state index in [0.717, 1.165) is 4.47 Å². The Morgan fingerprint density at radius 3 is 2.65 bits per heavy atom. The SMILES string of the molecule is CCc1nc2s/c(=C\c3cc(Br)ccc3OCC(=O)Nc3ccc(S(N)(=O)=O)cc3)c(=O)n2n1. The Kier molecular flexibility index (Phi) is 6.79. The predicted octanol–water partition coefficient (Wildman–Crippen LogP) is 1.69. The summed E-state index contributed by atoms with van der Waals surface area (Å²) in [4.78, 5) is 29.8. The van der Waals surface area contributed by atoms with E-state index in [0.29, 0.717) is 38.7 Å². The first-order valence-electron chi connectivity index (χ1n) is 9.89. The van der Waals surface area contributed by atoms with Gasteiger partial charge < -0.3 is 10.1 Å². The van der Waals surface area contributed by atoms with Gasteiger partial charge in [-0.05, 0) is 48.5 Å². The van der Waals surface area contributed by atoms with Crippen LogP contribution in [0.3, 0.4) is 0 Å². The number of nitrogens with zero attached hydrogens (tertiary/aromatic N) is 3. The number of carbonyl (C=O) groups is 1. The van der Waals surface area contributed by atoms with Crippen LogP contribution in [0.1, 0.15) is 18.3 Å². The average molecular weight is 564 g/mol. The molecule has 10 nitrogen and oxygen atoms in total. The van der Waals surface area contributed by atoms with E-state index < -0.39 is 15.9 Å². The highest BCUT2D eigenvalue weighted by molar-refractivity contribution is 9.10. The van der Waals surface area contributed by atoms with Gasteiger partial charge in [-0.15, -0.1) is 5.10 Å². The standard InChI is InChI=1S/C21H18BrN5O5S2/c1-2-18-25-21-27(26-18)20(29)17(33-21)10-12-9-13(22)3-8-16(12)32-11-19(28)24-14-4-6-15(7-5-14)34(23,30)31/h3-10H,2,11H2,1H3,(H,24,28)(H2,23,30,31)/b17-10-. The van der Waals surface area contributed by atoms with Crippen molar-refractivity contribution in [3.05, 3.63) is 73.2 Å². The molecule has 0 saturated carbocycles. The molecule has 13 heteroatoms. The van der Waals surface area contributed by atoms with Crippen molar-refractivity contribution in [2.75, 3.05) is 11.9 Å². The molecule has 0 aliphatic rings. The Labute approximate surface area is 206 Å². The first kappa shape index (κ1) is 24.0. The van der Waals surface area contributed by atoms with Crippen LogP contribution in [0.2, 0.25) is 0 Å². The second-order valence-corrected chi connectivity index (χ2v) is 10.6. The molecule has 2 aromatic heterocycles. The lowest BCUT2D eigenvalue weighted by Gasteiger charge is -2.10. The molecule has 0 unspecified atom stereocenters. The highest BCUT2D eigenvalue weighted by Crippen LogP contribution is 2.24. The number of carbonyl (C=O) groups excluding carboxylic acids is 1. The van der Waals surface area contributed by atoms with Crippen molar-refractivity contribution >= 4 is 59.9 Å². The predicted molar refractivity (Wildman–Crippen MR) is 131 cm³/mol. The van der Waals surface area contributed by atoms with Gasteiger partial charge in [0.1, 0.15) is 5.75 Å². The van der Waals surface area contributed by atoms with Crippen molar-refractivity contribution in [1.29, 1.82) is 0 Å². The van der Waals surface area contributed by atoms with E-state index in [1.165, 1.54) is 40.1 Å². The number of sulfonamides is 1. The van der Waals surface area contributed by atoms with Crippen LogP contribution in [0.5, 0.6) is 5.75 Å². The van der Waals surface area contributed by atoms with E-state index in [9.17, 15) is 18.0 Å². The van der Waals surface area contributed by atoms with E-state index in [2.05, 4.69) is 31.3 Å². The number of thiazole rings is 1. The van der Waals surface area contributed by atoms with Crippen LogP contribution >= 0.6 is 27.3 Å². The summed E-state index contributed by atoms with van der Waals surface area (Å²) < 4.78 is 30.8. The van der Waals surface area contributed by atoms with Gasteiger partial charge in [0.2, 0.25) is 15.0 Å². The Morgan fingerprint density at radius 1 is 1.26 bits per heavy atom. The molecule has 0 saturated heterocycles. The fourth-order valence-electron chi connectivity index (χ4n) is 3.00. The molecule has 2 heterocycles. The van der Waals surface area contributed by atoms with Crippen LogP contribution in [0.15, 0.2) is 56.6 Å². The third-order valence-corrected chi connectivity index (χ3v) is 7.01. The zero-order chi connectivity index (χ0) is 24.5. The Balaban J connectivity index is 1.52. The number of fused-ring (bicyclic) bond motifs is 1. The van der Waals surface area contributed by atoms with Crippen LogP contribution < -0.4 is 25.3 Å². The van der Waals surface area contributed by atoms with Gasteiger partial charge in [-0.3, -0.25) is 9.59 Å². The number of aromatic nitrogens is 3. The van der Waals surface area contributed by atoms with E-state index >= 15 is 0 Å². The van der Waals surface area contributed by atoms with Gasteiger partial charge in [-0.25, -0.2) is 18.5 Å². The highest BCUT2D eigenvalue weighted by atomic mass is 79.9. The molecule has 2 aromatic carbocycles. The molecular weight excluding hydrogens is 546 g/mol. The topological polar surface area (TPSA) is 146 Å². The average Bonchev–Trinajstić information content (AvgIpc) is 3.32. The number of halogens is 1. The quantitative estimate of drug-likeness (QED) is 0.348. The number of benzene rings is 2. The van der Waals surface area contributed by atoms with Gasteiger partial charge in [-0.1, -0.05) is 34.2 Å². The molecule has 4 rings (SSSR count). The molecule has 0 bridgehead atoms. The highest BCUT2D eigenvalue weighted by Gasteiger charge is 2.12. The van der Waals surface area contributed by atoms with Gasteiger partial charge in [0.05, 0.1) is 9.43 Å².